The van der Waals surface area contributed by atoms with Gasteiger partial charge in [0, 0.05) is 6.20 Å². The normalized spacial score (nSPS) is 9.12. The van der Waals surface area contributed by atoms with Crippen LogP contribution in [-0.2, 0) is 0 Å². The monoisotopic (exact) mass is 131 g/mol. The largest absolute Gasteiger partial charge is 1.00 e. The topological polar surface area (TPSA) is 45.8 Å². The first kappa shape index (κ1) is 5.31. The highest BCUT2D eigenvalue weighted by molar-refractivity contribution is 6.67. The van der Waals surface area contributed by atoms with Gasteiger partial charge in [-0.2, -0.15) is 5.10 Å². The summed E-state index contributed by atoms with van der Waals surface area (Å²) in [5.41, 5.74) is 0.395. The van der Waals surface area contributed by atoms with Crippen molar-refractivity contribution < 1.29 is 6.22 Å². The standard InChI is InChI=1S/C4H3ClN2O/c5-4(8)3-1-6-7-2-3/h1-2H,(H,6,7)/p+1. The molecule has 0 aliphatic heterocycles. The Kier molecular flexibility index (Phi) is 1.30. The predicted molar refractivity (Wildman–Crippen MR) is 29.9 cm³/mol. The SMILES string of the molecule is O=C(Cl)c1cn[nH]c1.[H+]. The lowest BCUT2D eigenvalue weighted by Gasteiger charge is -1.74. The van der Waals surface area contributed by atoms with E-state index in [4.69, 9.17) is 11.6 Å². The number of rotatable bonds is 1. The third-order valence-corrected chi connectivity index (χ3v) is 0.943. The molecule has 0 spiro atoms. The van der Waals surface area contributed by atoms with E-state index in [-0.39, 0.29) is 1.43 Å². The van der Waals surface area contributed by atoms with Gasteiger partial charge in [0.05, 0.1) is 11.8 Å². The molecule has 4 heteroatoms. The molecule has 3 nitrogen and oxygen atoms in total. The van der Waals surface area contributed by atoms with Gasteiger partial charge in [-0.3, -0.25) is 9.89 Å². The van der Waals surface area contributed by atoms with E-state index in [1.54, 1.807) is 0 Å². The Morgan fingerprint density at radius 2 is 2.75 bits per heavy atom. The van der Waals surface area contributed by atoms with E-state index < -0.39 is 5.24 Å². The summed E-state index contributed by atoms with van der Waals surface area (Å²) in [5, 5.41) is 5.48. The predicted octanol–water partition coefficient (Wildman–Crippen LogP) is 0.901. The molecule has 8 heavy (non-hydrogen) atoms. The van der Waals surface area contributed by atoms with E-state index in [2.05, 4.69) is 10.2 Å². The van der Waals surface area contributed by atoms with Crippen molar-refractivity contribution in [2.75, 3.05) is 0 Å². The number of halogens is 1. The molecule has 1 aromatic rings. The highest BCUT2D eigenvalue weighted by atomic mass is 35.5. The number of H-pyrrole nitrogens is 1. The van der Waals surface area contributed by atoms with Crippen LogP contribution in [0.15, 0.2) is 12.4 Å². The second-order valence-electron chi connectivity index (χ2n) is 1.26. The summed E-state index contributed by atoms with van der Waals surface area (Å²) in [7, 11) is 0. The number of nitrogens with zero attached hydrogens (tertiary/aromatic N) is 1. The summed E-state index contributed by atoms with van der Waals surface area (Å²) in [6.07, 6.45) is 2.81. The molecule has 1 heterocycles. The fourth-order valence-corrected chi connectivity index (χ4v) is 0.462. The number of nitrogens with one attached hydrogen (secondary N) is 1. The third kappa shape index (κ3) is 0.869. The van der Waals surface area contributed by atoms with Gasteiger partial charge < -0.3 is 0 Å². The minimum absolute atomic E-state index is 0. The average molecular weight is 132 g/mol. The zero-order chi connectivity index (χ0) is 5.98. The van der Waals surface area contributed by atoms with Crippen LogP contribution in [0.25, 0.3) is 0 Å². The van der Waals surface area contributed by atoms with Gasteiger partial charge in [0.2, 0.25) is 0 Å². The Hall–Kier alpha value is -0.830. The summed E-state index contributed by atoms with van der Waals surface area (Å²) in [5.74, 6) is 0. The first-order valence-corrected chi connectivity index (χ1v) is 2.37. The van der Waals surface area contributed by atoms with Crippen molar-refractivity contribution in [3.63, 3.8) is 0 Å². The molecular weight excluding hydrogens is 128 g/mol. The van der Waals surface area contributed by atoms with Crippen LogP contribution in [0, 0.1) is 0 Å². The van der Waals surface area contributed by atoms with Crippen molar-refractivity contribution in [3.8, 4) is 0 Å². The lowest BCUT2D eigenvalue weighted by atomic mass is 10.4. The van der Waals surface area contributed by atoms with Crippen LogP contribution < -0.4 is 0 Å². The fraction of sp³-hybridized carbons (Fsp3) is 0. The molecule has 0 saturated carbocycles. The summed E-state index contributed by atoms with van der Waals surface area (Å²) in [6.45, 7) is 0. The number of carbonyl (C=O) groups excluding carboxylic acids is 1. The number of aromatic amines is 1. The Labute approximate surface area is 52.1 Å². The van der Waals surface area contributed by atoms with Crippen LogP contribution in [0.5, 0.6) is 0 Å². The van der Waals surface area contributed by atoms with Crippen LogP contribution in [0.3, 0.4) is 0 Å². The van der Waals surface area contributed by atoms with Crippen molar-refractivity contribution in [1.82, 2.24) is 10.2 Å². The van der Waals surface area contributed by atoms with Crippen molar-refractivity contribution in [1.29, 1.82) is 0 Å². The highest BCUT2D eigenvalue weighted by Gasteiger charge is 1.98. The molecule has 0 aliphatic rings. The molecule has 0 amide bonds. The second kappa shape index (κ2) is 1.96. The maximum Gasteiger partial charge on any atom is 1.00 e. The molecule has 0 radical (unpaired) electrons. The first-order valence-electron chi connectivity index (χ1n) is 1.99. The smallest absolute Gasteiger partial charge is 0.285 e. The van der Waals surface area contributed by atoms with Crippen molar-refractivity contribution >= 4 is 16.8 Å². The van der Waals surface area contributed by atoms with Gasteiger partial charge in [0.25, 0.3) is 5.24 Å². The number of hydrogen-bond acceptors (Lipinski definition) is 2. The van der Waals surface area contributed by atoms with Gasteiger partial charge in [0.15, 0.2) is 0 Å². The zero-order valence-electron chi connectivity index (χ0n) is 4.89. The van der Waals surface area contributed by atoms with Gasteiger partial charge in [-0.05, 0) is 11.6 Å². The molecule has 1 aromatic heterocycles. The van der Waals surface area contributed by atoms with E-state index in [9.17, 15) is 4.79 Å². The van der Waals surface area contributed by atoms with E-state index in [1.807, 2.05) is 0 Å². The van der Waals surface area contributed by atoms with Gasteiger partial charge in [-0.1, -0.05) is 0 Å². The first-order chi connectivity index (χ1) is 3.80. The molecule has 0 atom stereocenters. The van der Waals surface area contributed by atoms with Gasteiger partial charge in [-0.15, -0.1) is 0 Å². The summed E-state index contributed by atoms with van der Waals surface area (Å²) < 4.78 is 0. The van der Waals surface area contributed by atoms with E-state index in [0.717, 1.165) is 0 Å². The quantitative estimate of drug-likeness (QED) is 0.576. The maximum absolute atomic E-state index is 10.2. The molecule has 0 saturated heterocycles. The van der Waals surface area contributed by atoms with E-state index in [0.29, 0.717) is 5.56 Å². The number of hydrogen-bond donors (Lipinski definition) is 1. The Morgan fingerprint density at radius 1 is 2.00 bits per heavy atom. The number of aromatic nitrogens is 2. The number of carbonyl (C=O) groups is 1. The Balaban J connectivity index is 0.000000640. The molecule has 42 valence electrons. The minimum atomic E-state index is -0.487. The van der Waals surface area contributed by atoms with Gasteiger partial charge >= 0.3 is 1.43 Å². The van der Waals surface area contributed by atoms with E-state index in [1.165, 1.54) is 12.4 Å². The van der Waals surface area contributed by atoms with Crippen LogP contribution in [0.1, 0.15) is 11.8 Å². The third-order valence-electron chi connectivity index (χ3n) is 0.725. The molecule has 0 bridgehead atoms. The molecule has 0 unspecified atom stereocenters. The molecule has 0 fully saturated rings. The zero-order valence-corrected chi connectivity index (χ0v) is 4.64. The lowest BCUT2D eigenvalue weighted by molar-refractivity contribution is 0.108. The summed E-state index contributed by atoms with van der Waals surface area (Å²) >= 11 is 5.05. The molecule has 1 N–H and O–H groups in total. The Bertz CT molecular complexity index is 186. The maximum atomic E-state index is 10.2. The van der Waals surface area contributed by atoms with E-state index >= 15 is 0 Å². The molecule has 0 aromatic carbocycles. The minimum Gasteiger partial charge on any atom is -0.285 e. The van der Waals surface area contributed by atoms with Crippen molar-refractivity contribution in [3.05, 3.63) is 18.0 Å². The van der Waals surface area contributed by atoms with Gasteiger partial charge in [-0.25, -0.2) is 0 Å². The van der Waals surface area contributed by atoms with Crippen LogP contribution in [0.2, 0.25) is 0 Å². The van der Waals surface area contributed by atoms with Crippen LogP contribution in [0.4, 0.5) is 0 Å². The molecule has 1 rings (SSSR count). The Morgan fingerprint density at radius 3 is 3.00 bits per heavy atom. The molecular formula is C4H4ClN2O+. The van der Waals surface area contributed by atoms with Crippen LogP contribution in [-0.4, -0.2) is 15.4 Å². The average Bonchev–Trinajstić information content (AvgIpc) is 2.12. The van der Waals surface area contributed by atoms with Crippen molar-refractivity contribution in [2.45, 2.75) is 0 Å². The second-order valence-corrected chi connectivity index (χ2v) is 1.60. The molecule has 0 aliphatic carbocycles. The summed E-state index contributed by atoms with van der Waals surface area (Å²) in [4.78, 5) is 10.2. The highest BCUT2D eigenvalue weighted by Crippen LogP contribution is 1.97. The summed E-state index contributed by atoms with van der Waals surface area (Å²) in [6, 6.07) is 0. The lowest BCUT2D eigenvalue weighted by Crippen LogP contribution is -1.81. The fourth-order valence-electron chi connectivity index (χ4n) is 0.358. The van der Waals surface area contributed by atoms with Crippen LogP contribution >= 0.6 is 11.6 Å². The van der Waals surface area contributed by atoms with Crippen molar-refractivity contribution in [2.24, 2.45) is 0 Å². The van der Waals surface area contributed by atoms with Gasteiger partial charge in [0.1, 0.15) is 0 Å².